The molecule has 0 saturated carbocycles. The molecule has 2 aliphatic rings. The number of nitrogens with zero attached hydrogens (tertiary/aromatic N) is 3. The fourth-order valence-electron chi connectivity index (χ4n) is 2.66. The summed E-state index contributed by atoms with van der Waals surface area (Å²) in [5.74, 6) is 1.19. The van der Waals surface area contributed by atoms with Gasteiger partial charge in [-0.3, -0.25) is 4.90 Å². The molecule has 0 aromatic carbocycles. The van der Waals surface area contributed by atoms with Crippen molar-refractivity contribution < 1.29 is 4.74 Å². The van der Waals surface area contributed by atoms with Gasteiger partial charge in [0.2, 0.25) is 0 Å². The second kappa shape index (κ2) is 5.07. The van der Waals surface area contributed by atoms with E-state index in [-0.39, 0.29) is 6.10 Å². The normalized spacial score (nSPS) is 28.0. The highest BCUT2D eigenvalue weighted by atomic mass is 16.5. The Morgan fingerprint density at radius 1 is 1.44 bits per heavy atom. The molecule has 2 fully saturated rings. The molecular weight excluding hydrogens is 230 g/mol. The van der Waals surface area contributed by atoms with Crippen molar-refractivity contribution in [3.05, 3.63) is 12.1 Å². The summed E-state index contributed by atoms with van der Waals surface area (Å²) in [6.45, 7) is 3.86. The predicted molar refractivity (Wildman–Crippen MR) is 69.3 cm³/mol. The molecule has 1 aromatic rings. The summed E-state index contributed by atoms with van der Waals surface area (Å²) in [7, 11) is 0. The van der Waals surface area contributed by atoms with Gasteiger partial charge in [0.25, 0.3) is 0 Å². The number of rotatable bonds is 3. The van der Waals surface area contributed by atoms with E-state index in [2.05, 4.69) is 20.4 Å². The molecule has 0 radical (unpaired) electrons. The molecule has 0 spiro atoms. The van der Waals surface area contributed by atoms with Crippen molar-refractivity contribution in [2.45, 2.75) is 25.0 Å². The molecule has 3 rings (SSSR count). The lowest BCUT2D eigenvalue weighted by atomic mass is 10.2. The zero-order valence-electron chi connectivity index (χ0n) is 10.4. The number of ether oxygens (including phenoxy) is 1. The first-order chi connectivity index (χ1) is 8.81. The highest BCUT2D eigenvalue weighted by molar-refractivity contribution is 5.38. The van der Waals surface area contributed by atoms with Crippen LogP contribution in [0.3, 0.4) is 0 Å². The van der Waals surface area contributed by atoms with E-state index in [9.17, 15) is 0 Å². The van der Waals surface area contributed by atoms with E-state index in [1.807, 2.05) is 6.07 Å². The number of hydrogen-bond acceptors (Lipinski definition) is 6. The number of nitrogen functional groups attached to an aromatic ring is 1. The van der Waals surface area contributed by atoms with Crippen LogP contribution in [-0.4, -0.2) is 53.5 Å². The SMILES string of the molecule is Nc1ccc(NCC2CN3CCCC3CO2)nn1. The molecule has 0 aliphatic carbocycles. The summed E-state index contributed by atoms with van der Waals surface area (Å²) in [4.78, 5) is 2.53. The van der Waals surface area contributed by atoms with Crippen LogP contribution in [0, 0.1) is 0 Å². The van der Waals surface area contributed by atoms with Gasteiger partial charge in [0, 0.05) is 19.1 Å². The lowest BCUT2D eigenvalue weighted by Crippen LogP contribution is -2.48. The second-order valence-electron chi connectivity index (χ2n) is 4.97. The Labute approximate surface area is 107 Å². The van der Waals surface area contributed by atoms with E-state index in [0.717, 1.165) is 25.5 Å². The maximum Gasteiger partial charge on any atom is 0.148 e. The lowest BCUT2D eigenvalue weighted by molar-refractivity contribution is -0.0416. The first-order valence-corrected chi connectivity index (χ1v) is 6.50. The number of nitrogens with one attached hydrogen (secondary N) is 1. The number of anilines is 2. The molecule has 6 heteroatoms. The van der Waals surface area contributed by atoms with Gasteiger partial charge >= 0.3 is 0 Å². The van der Waals surface area contributed by atoms with Gasteiger partial charge in [-0.05, 0) is 31.5 Å². The Kier molecular flexibility index (Phi) is 3.29. The zero-order chi connectivity index (χ0) is 12.4. The van der Waals surface area contributed by atoms with Crippen molar-refractivity contribution in [3.8, 4) is 0 Å². The Bertz CT molecular complexity index is 396. The van der Waals surface area contributed by atoms with Crippen molar-refractivity contribution in [1.29, 1.82) is 0 Å². The molecule has 2 saturated heterocycles. The highest BCUT2D eigenvalue weighted by Gasteiger charge is 2.31. The molecule has 1 aromatic heterocycles. The van der Waals surface area contributed by atoms with Gasteiger partial charge in [0.15, 0.2) is 0 Å². The van der Waals surface area contributed by atoms with Crippen LogP contribution < -0.4 is 11.1 Å². The summed E-state index contributed by atoms with van der Waals surface area (Å²) in [6, 6.07) is 4.23. The summed E-state index contributed by atoms with van der Waals surface area (Å²) >= 11 is 0. The van der Waals surface area contributed by atoms with E-state index in [0.29, 0.717) is 11.9 Å². The maximum absolute atomic E-state index is 5.86. The molecule has 2 aliphatic heterocycles. The Morgan fingerprint density at radius 2 is 2.39 bits per heavy atom. The van der Waals surface area contributed by atoms with E-state index in [1.165, 1.54) is 19.4 Å². The predicted octanol–water partition coefficient (Wildman–Crippen LogP) is 0.334. The van der Waals surface area contributed by atoms with Gasteiger partial charge in [-0.15, -0.1) is 10.2 Å². The van der Waals surface area contributed by atoms with Crippen LogP contribution in [0.1, 0.15) is 12.8 Å². The first-order valence-electron chi connectivity index (χ1n) is 6.50. The zero-order valence-corrected chi connectivity index (χ0v) is 10.4. The van der Waals surface area contributed by atoms with Gasteiger partial charge in [-0.25, -0.2) is 0 Å². The van der Waals surface area contributed by atoms with E-state index in [1.54, 1.807) is 6.07 Å². The Morgan fingerprint density at radius 3 is 3.22 bits per heavy atom. The van der Waals surface area contributed by atoms with Crippen LogP contribution in [0.15, 0.2) is 12.1 Å². The monoisotopic (exact) mass is 249 g/mol. The van der Waals surface area contributed by atoms with Gasteiger partial charge < -0.3 is 15.8 Å². The number of morpholine rings is 1. The third-order valence-corrected chi connectivity index (χ3v) is 3.66. The van der Waals surface area contributed by atoms with Crippen molar-refractivity contribution in [1.82, 2.24) is 15.1 Å². The van der Waals surface area contributed by atoms with Crippen molar-refractivity contribution in [2.24, 2.45) is 0 Å². The second-order valence-corrected chi connectivity index (χ2v) is 4.97. The fraction of sp³-hybridized carbons (Fsp3) is 0.667. The van der Waals surface area contributed by atoms with Crippen molar-refractivity contribution >= 4 is 11.6 Å². The fourth-order valence-corrected chi connectivity index (χ4v) is 2.66. The van der Waals surface area contributed by atoms with Crippen LogP contribution in [0.2, 0.25) is 0 Å². The van der Waals surface area contributed by atoms with Crippen LogP contribution in [0.5, 0.6) is 0 Å². The van der Waals surface area contributed by atoms with Crippen LogP contribution in [0.25, 0.3) is 0 Å². The molecule has 98 valence electrons. The molecule has 3 heterocycles. The Hall–Kier alpha value is -1.40. The maximum atomic E-state index is 5.86. The van der Waals surface area contributed by atoms with Crippen LogP contribution in [0.4, 0.5) is 11.6 Å². The third kappa shape index (κ3) is 2.54. The average molecular weight is 249 g/mol. The molecular formula is C12H19N5O. The first kappa shape index (κ1) is 11.7. The quantitative estimate of drug-likeness (QED) is 0.804. The standard InChI is InChI=1S/C12H19N5O/c13-11-3-4-12(16-15-11)14-6-10-7-17-5-1-2-9(17)8-18-10/h3-4,9-10H,1-2,5-8H2,(H2,13,15)(H,14,16). The van der Waals surface area contributed by atoms with E-state index in [4.69, 9.17) is 10.5 Å². The number of hydrogen-bond donors (Lipinski definition) is 2. The number of fused-ring (bicyclic) bond motifs is 1. The topological polar surface area (TPSA) is 76.3 Å². The van der Waals surface area contributed by atoms with Crippen LogP contribution >= 0.6 is 0 Å². The Balaban J connectivity index is 1.50. The smallest absolute Gasteiger partial charge is 0.148 e. The van der Waals surface area contributed by atoms with Crippen molar-refractivity contribution in [2.75, 3.05) is 37.3 Å². The third-order valence-electron chi connectivity index (χ3n) is 3.66. The van der Waals surface area contributed by atoms with Gasteiger partial charge in [-0.1, -0.05) is 0 Å². The van der Waals surface area contributed by atoms with Gasteiger partial charge in [0.05, 0.1) is 12.7 Å². The van der Waals surface area contributed by atoms with E-state index >= 15 is 0 Å². The van der Waals surface area contributed by atoms with Crippen molar-refractivity contribution in [3.63, 3.8) is 0 Å². The minimum Gasteiger partial charge on any atom is -0.382 e. The summed E-state index contributed by atoms with van der Waals surface area (Å²) in [6.07, 6.45) is 2.82. The van der Waals surface area contributed by atoms with Gasteiger partial charge in [-0.2, -0.15) is 0 Å². The van der Waals surface area contributed by atoms with Gasteiger partial charge in [0.1, 0.15) is 11.6 Å². The largest absolute Gasteiger partial charge is 0.382 e. The minimum atomic E-state index is 0.235. The summed E-state index contributed by atoms with van der Waals surface area (Å²) in [5, 5.41) is 11.0. The molecule has 18 heavy (non-hydrogen) atoms. The van der Waals surface area contributed by atoms with E-state index < -0.39 is 0 Å². The molecule has 2 atom stereocenters. The molecule has 6 nitrogen and oxygen atoms in total. The van der Waals surface area contributed by atoms with Crippen LogP contribution in [-0.2, 0) is 4.74 Å². The molecule has 2 unspecified atom stereocenters. The number of nitrogens with two attached hydrogens (primary N) is 1. The molecule has 0 amide bonds. The molecule has 0 bridgehead atoms. The minimum absolute atomic E-state index is 0.235. The average Bonchev–Trinajstić information content (AvgIpc) is 2.85. The number of aromatic nitrogens is 2. The summed E-state index contributed by atoms with van der Waals surface area (Å²) < 4.78 is 5.86. The molecule has 3 N–H and O–H groups in total. The highest BCUT2D eigenvalue weighted by Crippen LogP contribution is 2.22. The lowest BCUT2D eigenvalue weighted by Gasteiger charge is -2.35. The summed E-state index contributed by atoms with van der Waals surface area (Å²) in [5.41, 5.74) is 5.49.